The van der Waals surface area contributed by atoms with Crippen molar-refractivity contribution in [2.75, 3.05) is 0 Å². The van der Waals surface area contributed by atoms with Crippen LogP contribution in [0.25, 0.3) is 5.57 Å². The smallest absolute Gasteiger partial charge is 1.00 e. The van der Waals surface area contributed by atoms with Crippen LogP contribution in [-0.2, 0) is 20.4 Å². The summed E-state index contributed by atoms with van der Waals surface area (Å²) in [4.78, 5) is 0. The Morgan fingerprint density at radius 2 is 1.36 bits per heavy atom. The van der Waals surface area contributed by atoms with E-state index in [2.05, 4.69) is 102 Å². The number of benzene rings is 2. The van der Waals surface area contributed by atoms with Crippen LogP contribution in [0.15, 0.2) is 80.7 Å². The molecule has 4 rings (SSSR count). The zero-order chi connectivity index (χ0) is 24.2. The van der Waals surface area contributed by atoms with Gasteiger partial charge in [-0.25, -0.2) is 0 Å². The van der Waals surface area contributed by atoms with E-state index in [0.29, 0.717) is 9.54 Å². The number of fused-ring (bicyclic) bond motifs is 1. The van der Waals surface area contributed by atoms with Gasteiger partial charge in [0.2, 0.25) is 0 Å². The summed E-state index contributed by atoms with van der Waals surface area (Å²) in [6.07, 6.45) is 8.29. The fourth-order valence-electron chi connectivity index (χ4n) is 6.02. The van der Waals surface area contributed by atoms with Gasteiger partial charge >= 0.3 is 218 Å². The number of allylic oxidation sites excluding steroid dienone is 5. The van der Waals surface area contributed by atoms with Crippen molar-refractivity contribution < 1.29 is 45.2 Å². The monoisotopic (exact) mass is 614 g/mol. The molecule has 0 nitrogen and oxygen atoms in total. The molecule has 0 spiro atoms. The molecule has 0 amide bonds. The van der Waals surface area contributed by atoms with Gasteiger partial charge in [0.15, 0.2) is 0 Å². The third-order valence-corrected chi connectivity index (χ3v) is 29.8. The molecule has 0 radical (unpaired) electrons. The molecule has 0 aromatic heterocycles. The fraction of sp³-hybridized carbons (Fsp3) is 0.438. The molecule has 2 aliphatic rings. The van der Waals surface area contributed by atoms with Crippen LogP contribution >= 0.6 is 0 Å². The predicted octanol–water partition coefficient (Wildman–Crippen LogP) is 3.65. The van der Waals surface area contributed by atoms with Gasteiger partial charge in [-0.05, 0) is 0 Å². The second kappa shape index (κ2) is 14.5. The second-order valence-corrected chi connectivity index (χ2v) is 25.8. The molecule has 0 saturated carbocycles. The first kappa shape index (κ1) is 31.6. The van der Waals surface area contributed by atoms with Crippen molar-refractivity contribution in [1.82, 2.24) is 0 Å². The standard InChI is InChI=1S/C15H11.C9H13.C8H18Si.2ClH.Zr/c1-2-6-12(7-3-1)15-11-10-13-8-4-5-9-14(13)15;1-6-5-7(2)9(4)8(6)3;1-3-5-7-9-8-6-4-2;;;/h1-11H;6H,1-4H3;3-8H2,1-2H3;2*1H;/q;;;;;+2/p-2. The summed E-state index contributed by atoms with van der Waals surface area (Å²) in [5.41, 5.74) is 10.6. The number of halogens is 2. The summed E-state index contributed by atoms with van der Waals surface area (Å²) in [7, 11) is 0. The Kier molecular flexibility index (Phi) is 12.7. The van der Waals surface area contributed by atoms with E-state index in [1.54, 1.807) is 22.3 Å². The Morgan fingerprint density at radius 1 is 0.778 bits per heavy atom. The minimum Gasteiger partial charge on any atom is -1.00 e. The van der Waals surface area contributed by atoms with Crippen LogP contribution in [0.5, 0.6) is 0 Å². The Labute approximate surface area is 240 Å². The first-order chi connectivity index (χ1) is 16.5. The summed E-state index contributed by atoms with van der Waals surface area (Å²) < 4.78 is 2.67. The van der Waals surface area contributed by atoms with Gasteiger partial charge in [0, 0.05) is 0 Å². The normalized spacial score (nSPS) is 18.2. The molecule has 0 saturated heterocycles. The number of hydrogen-bond donors (Lipinski definition) is 0. The summed E-state index contributed by atoms with van der Waals surface area (Å²) in [6, 6.07) is 23.7. The SMILES string of the molecule is CCCC[Si](CCCC)=[Zr+2]([C]1=C(C)C(C)=C(C)C1C)[CH]1C=C(c2ccccc2)c2ccccc21.[Cl-].[Cl-]. The molecule has 0 aliphatic heterocycles. The molecule has 2 atom stereocenters. The molecular weight excluding hydrogens is 575 g/mol. The molecule has 2 aromatic rings. The minimum atomic E-state index is -2.04. The van der Waals surface area contributed by atoms with Crippen LogP contribution in [0.3, 0.4) is 0 Å². The zero-order valence-electron chi connectivity index (χ0n) is 22.9. The van der Waals surface area contributed by atoms with E-state index in [4.69, 9.17) is 0 Å². The van der Waals surface area contributed by atoms with Crippen LogP contribution in [0.4, 0.5) is 0 Å². The molecule has 0 fully saturated rings. The Hall–Kier alpha value is -0.660. The van der Waals surface area contributed by atoms with E-state index in [1.807, 2.05) is 3.28 Å². The first-order valence-electron chi connectivity index (χ1n) is 13.5. The predicted molar refractivity (Wildman–Crippen MR) is 148 cm³/mol. The van der Waals surface area contributed by atoms with Crippen molar-refractivity contribution >= 4 is 11.0 Å². The third kappa shape index (κ3) is 6.31. The van der Waals surface area contributed by atoms with Crippen LogP contribution in [-0.4, -0.2) is 5.43 Å². The molecule has 2 aromatic carbocycles. The van der Waals surface area contributed by atoms with Gasteiger partial charge in [-0.2, -0.15) is 0 Å². The van der Waals surface area contributed by atoms with Crippen molar-refractivity contribution in [3.05, 3.63) is 97.4 Å². The fourth-order valence-corrected chi connectivity index (χ4v) is 31.8. The van der Waals surface area contributed by atoms with Gasteiger partial charge in [-0.3, -0.25) is 0 Å². The summed E-state index contributed by atoms with van der Waals surface area (Å²) >= 11 is -2.04. The largest absolute Gasteiger partial charge is 1.00 e. The average molecular weight is 617 g/mol. The van der Waals surface area contributed by atoms with E-state index in [9.17, 15) is 0 Å². The molecule has 2 aliphatic carbocycles. The van der Waals surface area contributed by atoms with Gasteiger partial charge in [0.05, 0.1) is 0 Å². The van der Waals surface area contributed by atoms with E-state index in [1.165, 1.54) is 54.5 Å². The van der Waals surface area contributed by atoms with Crippen molar-refractivity contribution in [3.63, 3.8) is 0 Å². The quantitative estimate of drug-likeness (QED) is 0.378. The third-order valence-electron chi connectivity index (χ3n) is 8.29. The number of unbranched alkanes of at least 4 members (excludes halogenated alkanes) is 2. The average Bonchev–Trinajstić information content (AvgIpc) is 3.33. The van der Waals surface area contributed by atoms with Crippen molar-refractivity contribution in [2.45, 2.75) is 82.9 Å². The molecule has 192 valence electrons. The molecule has 2 unspecified atom stereocenters. The molecule has 0 heterocycles. The van der Waals surface area contributed by atoms with Crippen LogP contribution in [0, 0.1) is 5.92 Å². The van der Waals surface area contributed by atoms with Crippen molar-refractivity contribution in [3.8, 4) is 0 Å². The zero-order valence-corrected chi connectivity index (χ0v) is 27.9. The summed E-state index contributed by atoms with van der Waals surface area (Å²) in [6.45, 7) is 14.6. The number of rotatable bonds is 9. The van der Waals surface area contributed by atoms with Gasteiger partial charge in [-0.15, -0.1) is 0 Å². The van der Waals surface area contributed by atoms with Gasteiger partial charge < -0.3 is 24.8 Å². The van der Waals surface area contributed by atoms with E-state index < -0.39 is 20.4 Å². The van der Waals surface area contributed by atoms with Gasteiger partial charge in [0.1, 0.15) is 0 Å². The Morgan fingerprint density at radius 3 is 1.92 bits per heavy atom. The summed E-state index contributed by atoms with van der Waals surface area (Å²) in [5.74, 6) is 0.666. The van der Waals surface area contributed by atoms with Gasteiger partial charge in [0.25, 0.3) is 0 Å². The maximum atomic E-state index is 2.76. The Bertz CT molecular complexity index is 1160. The Balaban J connectivity index is 0.00000228. The molecule has 0 bridgehead atoms. The minimum absolute atomic E-state index is 0. The van der Waals surface area contributed by atoms with Crippen molar-refractivity contribution in [1.29, 1.82) is 0 Å². The van der Waals surface area contributed by atoms with Crippen molar-refractivity contribution in [2.24, 2.45) is 5.92 Å². The maximum Gasteiger partial charge on any atom is -1.00 e. The summed E-state index contributed by atoms with van der Waals surface area (Å²) in [5, 5.41) is 0. The maximum absolute atomic E-state index is 2.76. The molecule has 0 N–H and O–H groups in total. The van der Waals surface area contributed by atoms with Crippen LogP contribution in [0.1, 0.15) is 87.5 Å². The second-order valence-electron chi connectivity index (χ2n) is 10.3. The molecular formula is C32H42Cl2SiZr. The van der Waals surface area contributed by atoms with Gasteiger partial charge in [-0.1, -0.05) is 0 Å². The van der Waals surface area contributed by atoms with E-state index >= 15 is 0 Å². The van der Waals surface area contributed by atoms with E-state index in [-0.39, 0.29) is 30.2 Å². The molecule has 36 heavy (non-hydrogen) atoms. The van der Waals surface area contributed by atoms with Crippen LogP contribution in [0.2, 0.25) is 12.1 Å². The first-order valence-corrected chi connectivity index (χ1v) is 21.7. The number of hydrogen-bond acceptors (Lipinski definition) is 0. The topological polar surface area (TPSA) is 0 Å². The molecule has 4 heteroatoms. The van der Waals surface area contributed by atoms with E-state index in [0.717, 1.165) is 0 Å². The van der Waals surface area contributed by atoms with Crippen LogP contribution < -0.4 is 24.8 Å².